The zero-order valence-electron chi connectivity index (χ0n) is 86.8. The first-order valence-corrected chi connectivity index (χ1v) is 51.7. The number of methoxy groups -OCH3 is 9. The van der Waals surface area contributed by atoms with Crippen LogP contribution in [0.15, 0.2) is 228 Å². The van der Waals surface area contributed by atoms with E-state index in [1.54, 1.807) is 115 Å². The number of aliphatic hydroxyl groups is 3. The molecule has 0 aromatic heterocycles. The number of carbonyl (C=O) groups excluding carboxylic acids is 8. The van der Waals surface area contributed by atoms with E-state index >= 15 is 0 Å². The molecule has 17 rings (SSSR count). The van der Waals surface area contributed by atoms with Crippen LogP contribution < -0.4 is 59.4 Å². The molecule has 0 spiro atoms. The highest BCUT2D eigenvalue weighted by Gasteiger charge is 2.49. The number of halogens is 2. The number of aliphatic hydroxyl groups excluding tert-OH is 3. The van der Waals surface area contributed by atoms with Crippen LogP contribution in [0.5, 0.6) is 51.7 Å². The van der Waals surface area contributed by atoms with Crippen molar-refractivity contribution in [1.29, 1.82) is 0 Å². The summed E-state index contributed by atoms with van der Waals surface area (Å²) in [5, 5.41) is 36.1. The molecule has 0 heterocycles. The topological polar surface area (TPSA) is 402 Å². The molecule has 9 aromatic rings. The molecule has 8 N–H and O–H groups in total. The van der Waals surface area contributed by atoms with Crippen molar-refractivity contribution in [2.24, 2.45) is 16.6 Å². The van der Waals surface area contributed by atoms with Gasteiger partial charge in [-0.1, -0.05) is 201 Å². The maximum absolute atomic E-state index is 12.8. The van der Waals surface area contributed by atoms with E-state index in [2.05, 4.69) is 37.3 Å². The zero-order valence-corrected chi connectivity index (χ0v) is 89.2. The molecule has 29 heteroatoms. The largest absolute Gasteiger partial charge is 0.496 e. The van der Waals surface area contributed by atoms with Crippen LogP contribution in [0, 0.1) is 0 Å². The summed E-state index contributed by atoms with van der Waals surface area (Å²) >= 11 is 9.84. The van der Waals surface area contributed by atoms with Crippen LogP contribution in [-0.2, 0) is 70.7 Å². The molecule has 8 fully saturated rings. The summed E-state index contributed by atoms with van der Waals surface area (Å²) in [6, 6.07) is 68.0. The number of Topliss-reactive ketones (excluding diaryl/α,β-unsaturated/α-hetero) is 7. The van der Waals surface area contributed by atoms with E-state index in [-0.39, 0.29) is 52.6 Å². The molecule has 0 radical (unpaired) electrons. The normalized spacial score (nSPS) is 24.1. The van der Waals surface area contributed by atoms with Crippen molar-refractivity contribution in [3.05, 3.63) is 278 Å². The van der Waals surface area contributed by atoms with Gasteiger partial charge in [-0.2, -0.15) is 0 Å². The van der Waals surface area contributed by atoms with E-state index in [1.165, 1.54) is 6.42 Å². The lowest BCUT2D eigenvalue weighted by Gasteiger charge is -2.38. The summed E-state index contributed by atoms with van der Waals surface area (Å²) in [6.45, 7) is 7.29. The van der Waals surface area contributed by atoms with E-state index in [4.69, 9.17) is 76.0 Å². The van der Waals surface area contributed by atoms with Gasteiger partial charge < -0.3 is 79.5 Å². The number of alkyl carbamates (subject to hydrolysis) is 1. The second kappa shape index (κ2) is 56.8. The quantitative estimate of drug-likeness (QED) is 0.0189. The third-order valence-electron chi connectivity index (χ3n) is 28.3. The van der Waals surface area contributed by atoms with Crippen LogP contribution in [0.3, 0.4) is 0 Å². The highest BCUT2D eigenvalue weighted by atomic mass is 79.9. The summed E-state index contributed by atoms with van der Waals surface area (Å²) in [6.07, 6.45) is 21.5. The van der Waals surface area contributed by atoms with Gasteiger partial charge in [0, 0.05) is 87.8 Å². The summed E-state index contributed by atoms with van der Waals surface area (Å²) < 4.78 is 53.8. The molecule has 27 nitrogen and oxygen atoms in total. The lowest BCUT2D eigenvalue weighted by atomic mass is 9.68. The number of ketones is 7. The third-order valence-corrected chi connectivity index (χ3v) is 29.6. The molecular weight excluding hydrogens is 1940 g/mol. The lowest BCUT2D eigenvalue weighted by Crippen LogP contribution is -2.54. The molecule has 8 aliphatic carbocycles. The van der Waals surface area contributed by atoms with Crippen molar-refractivity contribution in [3.63, 3.8) is 0 Å². The van der Waals surface area contributed by atoms with Crippen LogP contribution in [0.25, 0.3) is 10.4 Å². The minimum absolute atomic E-state index is 0.000825. The summed E-state index contributed by atoms with van der Waals surface area (Å²) in [7, 11) is 14.5. The standard InChI is InChI=1S/C18H25NO4.C14H18O3.C13H15ClO2.C13H15N3O2.C13H17NO3.C13H17NO2.C13H18O2.C13H16O2.C7H7BrO/c1-17(2,3)23-16(21)19-18(12-8-7-11-15(18)20)13-9-5-6-10-14(13)22-4;1-14(9-5-7-11(15)13(14)16)10-6-3-4-8-12(10)17-2;1-16-11-7-3-2-6-10(11)13(14)9-5-4-8-12(13)15;1-18-11-7-3-2-6-10(11)13(15-16-14)9-5-4-8-12(13)17;1-17-11-7-3-2-5-9(11)13(14)8-4-6-10(15)12(13)16;1-16-11-7-3-2-6-10(11)13(14)9-5-4-8-12(13)15;2*1-15-13-9-5-3-7-11(13)10-6-2-4-8-12(10)14;1-9-7-5-3-2-4-6(7)8/h5-6,9-10H,7-8,11-12H2,1-4H3,(H,19,21);3-4,6,8,11,15H,5,7,9H2,1-2H3;2-3,6-7H,4-5,8-9H2,1H3;2-3,6-7H,4-5,8-9H2,1H3;2-3,5,7,10,15H,4,6,8,14H2,1H3;2-3,6-7H,4-5,8-9,14H2,1H3;3,5,7,9-10,12,14H,2,4,6,8H2,1H3;3,5,7,9-10H,2,4,6,8H2,1H3;2-5H,1H3. The molecular formula is C117H148BrClN6O21. The minimum Gasteiger partial charge on any atom is -0.496 e. The van der Waals surface area contributed by atoms with Crippen LogP contribution >= 0.6 is 27.5 Å². The van der Waals surface area contributed by atoms with Gasteiger partial charge in [0.05, 0.1) is 80.0 Å². The second-order valence-electron chi connectivity index (χ2n) is 38.8. The van der Waals surface area contributed by atoms with Crippen molar-refractivity contribution in [2.45, 2.75) is 289 Å². The monoisotopic (exact) mass is 2090 g/mol. The number of amides is 1. The number of azide groups is 1. The fraction of sp³-hybridized carbons (Fsp3) is 0.470. The van der Waals surface area contributed by atoms with E-state index in [0.717, 1.165) is 171 Å². The van der Waals surface area contributed by atoms with Crippen LogP contribution in [0.2, 0.25) is 0 Å². The van der Waals surface area contributed by atoms with Gasteiger partial charge in [-0.05, 0) is 237 Å². The van der Waals surface area contributed by atoms with E-state index in [1.807, 2.05) is 189 Å². The number of para-hydroxylation sites is 9. The number of hydrogen-bond acceptors (Lipinski definition) is 24. The van der Waals surface area contributed by atoms with Gasteiger partial charge in [0.15, 0.2) is 28.9 Å². The Bertz CT molecular complexity index is 5690. The number of benzene rings is 9. The number of nitrogens with zero attached hydrogens (tertiary/aromatic N) is 3. The van der Waals surface area contributed by atoms with Crippen molar-refractivity contribution >= 4 is 74.1 Å². The van der Waals surface area contributed by atoms with Gasteiger partial charge in [0.1, 0.15) is 108 Å². The Morgan fingerprint density at radius 3 is 1.26 bits per heavy atom. The van der Waals surface area contributed by atoms with Crippen LogP contribution in [-0.4, -0.2) is 150 Å². The van der Waals surface area contributed by atoms with E-state index in [0.29, 0.717) is 122 Å². The van der Waals surface area contributed by atoms with Crippen molar-refractivity contribution in [1.82, 2.24) is 5.32 Å². The molecule has 11 atom stereocenters. The fourth-order valence-corrected chi connectivity index (χ4v) is 21.3. The predicted molar refractivity (Wildman–Crippen MR) is 570 cm³/mol. The Hall–Kier alpha value is -12.0. The Labute approximate surface area is 873 Å². The molecule has 8 aliphatic rings. The minimum atomic E-state index is -1.12. The molecule has 146 heavy (non-hydrogen) atoms. The van der Waals surface area contributed by atoms with Gasteiger partial charge in [0.25, 0.3) is 0 Å². The molecule has 9 aromatic carbocycles. The smallest absolute Gasteiger partial charge is 0.408 e. The Morgan fingerprint density at radius 1 is 0.390 bits per heavy atom. The van der Waals surface area contributed by atoms with Crippen molar-refractivity contribution in [2.75, 3.05) is 64.0 Å². The number of nitrogens with one attached hydrogen (secondary N) is 1. The Morgan fingerprint density at radius 2 is 0.767 bits per heavy atom. The number of hydrogen-bond donors (Lipinski definition) is 6. The molecule has 786 valence electrons. The Kier molecular flexibility index (Phi) is 45.7. The third kappa shape index (κ3) is 30.0. The van der Waals surface area contributed by atoms with Gasteiger partial charge in [-0.25, -0.2) is 4.79 Å². The average molecular weight is 2090 g/mol. The zero-order chi connectivity index (χ0) is 106. The molecule has 1 amide bonds. The molecule has 11 unspecified atom stereocenters. The Balaban J connectivity index is 0.000000184. The SMILES string of the molecule is COc1ccccc1Br.COc1ccccc1C1(C)CCCC(O)C1=O.COc1ccccc1C1(Cl)CCCCC1=O.COc1ccccc1C1(N)CCCC(O)C1=O.COc1ccccc1C1(N)CCCCC1=O.COc1ccccc1C1(N=[N+]=[N-])CCCCC1=O.COc1ccccc1C1(NC(=O)OC(C)(C)C)CCCCC1=O.COc1ccccc1C1CCCCC1=O.COc1ccccc1C1CCCCC1O. The molecule has 0 saturated heterocycles. The number of rotatable bonds is 19. The summed E-state index contributed by atoms with van der Waals surface area (Å²) in [5.41, 5.74) is 22.7. The number of ether oxygens (including phenoxy) is 10. The number of nitrogens with two attached hydrogens (primary N) is 2. The molecule has 0 aliphatic heterocycles. The molecule has 0 bridgehead atoms. The average Bonchev–Trinajstić information content (AvgIpc) is 0.764. The van der Waals surface area contributed by atoms with Crippen LogP contribution in [0.1, 0.15) is 277 Å². The summed E-state index contributed by atoms with van der Waals surface area (Å²) in [4.78, 5) is 99.5. The van der Waals surface area contributed by atoms with Gasteiger partial charge in [0.2, 0.25) is 0 Å². The van der Waals surface area contributed by atoms with Gasteiger partial charge >= 0.3 is 6.09 Å². The highest BCUT2D eigenvalue weighted by molar-refractivity contribution is 9.10. The number of carbonyl (C=O) groups is 8. The fourth-order valence-electron chi connectivity index (χ4n) is 20.5. The van der Waals surface area contributed by atoms with Crippen LogP contribution in [0.4, 0.5) is 4.79 Å². The first kappa shape index (κ1) is 118. The first-order chi connectivity index (χ1) is 70.1. The van der Waals surface area contributed by atoms with Gasteiger partial charge in [-0.15, -0.1) is 11.6 Å². The second-order valence-corrected chi connectivity index (χ2v) is 40.3. The summed E-state index contributed by atoms with van der Waals surface area (Å²) in [5.74, 6) is 7.06. The maximum atomic E-state index is 12.8. The number of alkyl halides is 1. The first-order valence-electron chi connectivity index (χ1n) is 50.6. The van der Waals surface area contributed by atoms with E-state index < -0.39 is 56.3 Å². The molecule has 8 saturated carbocycles. The maximum Gasteiger partial charge on any atom is 0.408 e. The van der Waals surface area contributed by atoms with Gasteiger partial charge in [-0.3, -0.25) is 33.6 Å². The predicted octanol–water partition coefficient (Wildman–Crippen LogP) is 23.3. The highest BCUT2D eigenvalue weighted by Crippen LogP contribution is 2.49. The van der Waals surface area contributed by atoms with Crippen molar-refractivity contribution < 1.29 is 101 Å². The van der Waals surface area contributed by atoms with E-state index in [9.17, 15) is 53.7 Å². The lowest BCUT2D eigenvalue weighted by molar-refractivity contribution is -0.136. The van der Waals surface area contributed by atoms with Crippen molar-refractivity contribution in [3.8, 4) is 51.7 Å².